The molecule has 0 aromatic carbocycles. The molecule has 0 aromatic rings. The third kappa shape index (κ3) is 8.95. The number of allylic oxidation sites excluding steroid dienone is 3. The van der Waals surface area contributed by atoms with E-state index in [0.717, 1.165) is 19.3 Å². The molecule has 0 fully saturated rings. The van der Waals surface area contributed by atoms with Crippen LogP contribution in [0.4, 0.5) is 0 Å². The van der Waals surface area contributed by atoms with Crippen molar-refractivity contribution in [1.29, 1.82) is 0 Å². The SMILES string of the molecule is CCCC=CC/C=C\CC(=O)O. The molecule has 0 rings (SSSR count). The van der Waals surface area contributed by atoms with Gasteiger partial charge in [0.1, 0.15) is 0 Å². The van der Waals surface area contributed by atoms with Crippen molar-refractivity contribution in [2.24, 2.45) is 0 Å². The van der Waals surface area contributed by atoms with Gasteiger partial charge in [-0.05, 0) is 12.8 Å². The summed E-state index contributed by atoms with van der Waals surface area (Å²) in [7, 11) is 0. The van der Waals surface area contributed by atoms with Crippen molar-refractivity contribution in [3.8, 4) is 0 Å². The Bertz CT molecular complexity index is 169. The Labute approximate surface area is 73.6 Å². The molecule has 2 nitrogen and oxygen atoms in total. The Morgan fingerprint density at radius 3 is 2.50 bits per heavy atom. The molecule has 0 atom stereocenters. The minimum atomic E-state index is -0.774. The molecule has 0 aliphatic heterocycles. The van der Waals surface area contributed by atoms with Crippen LogP contribution in [-0.4, -0.2) is 11.1 Å². The van der Waals surface area contributed by atoms with E-state index in [1.807, 2.05) is 6.08 Å². The minimum absolute atomic E-state index is 0.127. The summed E-state index contributed by atoms with van der Waals surface area (Å²) in [5, 5.41) is 8.28. The van der Waals surface area contributed by atoms with E-state index in [2.05, 4.69) is 19.1 Å². The van der Waals surface area contributed by atoms with Crippen molar-refractivity contribution in [2.45, 2.75) is 32.6 Å². The molecule has 0 amide bonds. The number of unbranched alkanes of at least 4 members (excludes halogenated alkanes) is 1. The lowest BCUT2D eigenvalue weighted by Crippen LogP contribution is -1.89. The van der Waals surface area contributed by atoms with Crippen LogP contribution in [-0.2, 0) is 4.79 Å². The smallest absolute Gasteiger partial charge is 0.307 e. The Morgan fingerprint density at radius 2 is 1.92 bits per heavy atom. The first kappa shape index (κ1) is 11.0. The molecule has 0 aromatic heterocycles. The summed E-state index contributed by atoms with van der Waals surface area (Å²) >= 11 is 0. The second-order valence-electron chi connectivity index (χ2n) is 2.57. The molecule has 0 unspecified atom stereocenters. The normalized spacial score (nSPS) is 11.4. The average Bonchev–Trinajstić information content (AvgIpc) is 2.02. The van der Waals surface area contributed by atoms with Crippen molar-refractivity contribution >= 4 is 5.97 Å². The van der Waals surface area contributed by atoms with Crippen LogP contribution in [0.5, 0.6) is 0 Å². The average molecular weight is 168 g/mol. The van der Waals surface area contributed by atoms with Crippen molar-refractivity contribution in [3.63, 3.8) is 0 Å². The molecule has 0 radical (unpaired) electrons. The molecule has 0 aliphatic carbocycles. The highest BCUT2D eigenvalue weighted by atomic mass is 16.4. The van der Waals surface area contributed by atoms with E-state index in [1.54, 1.807) is 6.08 Å². The highest BCUT2D eigenvalue weighted by Gasteiger charge is 1.86. The van der Waals surface area contributed by atoms with Gasteiger partial charge in [0.2, 0.25) is 0 Å². The maximum Gasteiger partial charge on any atom is 0.307 e. The fourth-order valence-corrected chi connectivity index (χ4v) is 0.740. The van der Waals surface area contributed by atoms with Gasteiger partial charge in [-0.1, -0.05) is 37.6 Å². The quantitative estimate of drug-likeness (QED) is 0.619. The van der Waals surface area contributed by atoms with Gasteiger partial charge in [-0.15, -0.1) is 0 Å². The Balaban J connectivity index is 3.29. The lowest BCUT2D eigenvalue weighted by molar-refractivity contribution is -0.136. The summed E-state index contributed by atoms with van der Waals surface area (Å²) in [4.78, 5) is 10.1. The van der Waals surface area contributed by atoms with Crippen LogP contribution in [0, 0.1) is 0 Å². The van der Waals surface area contributed by atoms with Gasteiger partial charge < -0.3 is 5.11 Å². The highest BCUT2D eigenvalue weighted by Crippen LogP contribution is 1.93. The zero-order valence-electron chi connectivity index (χ0n) is 7.49. The van der Waals surface area contributed by atoms with E-state index < -0.39 is 5.97 Å². The summed E-state index contributed by atoms with van der Waals surface area (Å²) in [5.41, 5.74) is 0. The fourth-order valence-electron chi connectivity index (χ4n) is 0.740. The molecule has 0 bridgehead atoms. The van der Waals surface area contributed by atoms with Crippen LogP contribution in [0.15, 0.2) is 24.3 Å². The molecular weight excluding hydrogens is 152 g/mol. The van der Waals surface area contributed by atoms with Gasteiger partial charge in [-0.25, -0.2) is 0 Å². The van der Waals surface area contributed by atoms with Crippen LogP contribution < -0.4 is 0 Å². The van der Waals surface area contributed by atoms with E-state index in [0.29, 0.717) is 0 Å². The number of carboxylic acids is 1. The molecule has 1 N–H and O–H groups in total. The Hall–Kier alpha value is -1.05. The first-order valence-electron chi connectivity index (χ1n) is 4.29. The topological polar surface area (TPSA) is 37.3 Å². The third-order valence-electron chi connectivity index (χ3n) is 1.35. The number of carbonyl (C=O) groups is 1. The molecule has 0 spiro atoms. The van der Waals surface area contributed by atoms with Gasteiger partial charge in [0.25, 0.3) is 0 Å². The predicted octanol–water partition coefficient (Wildman–Crippen LogP) is 2.76. The third-order valence-corrected chi connectivity index (χ3v) is 1.35. The lowest BCUT2D eigenvalue weighted by Gasteiger charge is -1.84. The standard InChI is InChI=1S/C10H16O2/c1-2-3-4-5-6-7-8-9-10(11)12/h4-5,7-8H,2-3,6,9H2,1H3,(H,11,12)/b5-4?,8-7-. The van der Waals surface area contributed by atoms with Crippen molar-refractivity contribution in [2.75, 3.05) is 0 Å². The minimum Gasteiger partial charge on any atom is -0.481 e. The lowest BCUT2D eigenvalue weighted by atomic mass is 10.2. The van der Waals surface area contributed by atoms with Crippen LogP contribution in [0.2, 0.25) is 0 Å². The zero-order valence-corrected chi connectivity index (χ0v) is 7.49. The van der Waals surface area contributed by atoms with Crippen LogP contribution >= 0.6 is 0 Å². The number of rotatable bonds is 6. The van der Waals surface area contributed by atoms with E-state index >= 15 is 0 Å². The van der Waals surface area contributed by atoms with Gasteiger partial charge in [0.05, 0.1) is 6.42 Å². The molecule has 2 heteroatoms. The largest absolute Gasteiger partial charge is 0.481 e. The van der Waals surface area contributed by atoms with Gasteiger partial charge in [0.15, 0.2) is 0 Å². The first-order chi connectivity index (χ1) is 5.77. The number of aliphatic carboxylic acids is 1. The molecule has 0 saturated carbocycles. The van der Waals surface area contributed by atoms with Crippen LogP contribution in [0.3, 0.4) is 0 Å². The number of hydrogen-bond acceptors (Lipinski definition) is 1. The van der Waals surface area contributed by atoms with Gasteiger partial charge in [-0.2, -0.15) is 0 Å². The van der Waals surface area contributed by atoms with Gasteiger partial charge in [-0.3, -0.25) is 4.79 Å². The van der Waals surface area contributed by atoms with Crippen molar-refractivity contribution in [1.82, 2.24) is 0 Å². The summed E-state index contributed by atoms with van der Waals surface area (Å²) in [6, 6.07) is 0. The number of hydrogen-bond donors (Lipinski definition) is 1. The van der Waals surface area contributed by atoms with Gasteiger partial charge >= 0.3 is 5.97 Å². The summed E-state index contributed by atoms with van der Waals surface area (Å²) < 4.78 is 0. The van der Waals surface area contributed by atoms with Crippen molar-refractivity contribution < 1.29 is 9.90 Å². The molecule has 0 aliphatic rings. The first-order valence-corrected chi connectivity index (χ1v) is 4.29. The second-order valence-corrected chi connectivity index (χ2v) is 2.57. The zero-order chi connectivity index (χ0) is 9.23. The summed E-state index contributed by atoms with van der Waals surface area (Å²) in [6.07, 6.45) is 11.0. The number of carboxylic acid groups (broad SMARTS) is 1. The Morgan fingerprint density at radius 1 is 1.25 bits per heavy atom. The van der Waals surface area contributed by atoms with Crippen LogP contribution in [0.25, 0.3) is 0 Å². The highest BCUT2D eigenvalue weighted by molar-refractivity contribution is 5.68. The maximum absolute atomic E-state index is 10.1. The summed E-state index contributed by atoms with van der Waals surface area (Å²) in [6.45, 7) is 2.13. The molecule has 12 heavy (non-hydrogen) atoms. The monoisotopic (exact) mass is 168 g/mol. The maximum atomic E-state index is 10.1. The second kappa shape index (κ2) is 8.05. The van der Waals surface area contributed by atoms with E-state index in [1.165, 1.54) is 0 Å². The summed E-state index contributed by atoms with van der Waals surface area (Å²) in [5.74, 6) is -0.774. The molecule has 68 valence electrons. The van der Waals surface area contributed by atoms with Crippen LogP contribution in [0.1, 0.15) is 32.6 Å². The predicted molar refractivity (Wildman–Crippen MR) is 50.1 cm³/mol. The van der Waals surface area contributed by atoms with E-state index in [-0.39, 0.29) is 6.42 Å². The van der Waals surface area contributed by atoms with Crippen molar-refractivity contribution in [3.05, 3.63) is 24.3 Å². The van der Waals surface area contributed by atoms with Gasteiger partial charge in [0, 0.05) is 0 Å². The molecular formula is C10H16O2. The van der Waals surface area contributed by atoms with E-state index in [4.69, 9.17) is 5.11 Å². The fraction of sp³-hybridized carbons (Fsp3) is 0.500. The molecule has 0 heterocycles. The Kier molecular flexibility index (Phi) is 7.35. The molecule has 0 saturated heterocycles. The van der Waals surface area contributed by atoms with E-state index in [9.17, 15) is 4.79 Å².